The molecule has 27 heavy (non-hydrogen) atoms. The first-order valence-corrected chi connectivity index (χ1v) is 9.22. The van der Waals surface area contributed by atoms with Gasteiger partial charge in [0, 0.05) is 0 Å². The van der Waals surface area contributed by atoms with Crippen LogP contribution in [0.15, 0.2) is 70.3 Å². The summed E-state index contributed by atoms with van der Waals surface area (Å²) in [5.74, 6) is 1.43. The van der Waals surface area contributed by atoms with Gasteiger partial charge in [-0.25, -0.2) is 4.98 Å². The Balaban J connectivity index is 1.52. The largest absolute Gasteiger partial charge is 0.457 e. The van der Waals surface area contributed by atoms with E-state index in [2.05, 4.69) is 20.5 Å². The lowest BCUT2D eigenvalue weighted by molar-refractivity contribution is -0.380. The first kappa shape index (κ1) is 17.1. The molecule has 9 nitrogen and oxygen atoms in total. The summed E-state index contributed by atoms with van der Waals surface area (Å²) in [7, 11) is 0. The molecule has 0 aliphatic rings. The maximum atomic E-state index is 10.8. The molecule has 0 N–H and O–H groups in total. The Labute approximate surface area is 160 Å². The number of tetrazole rings is 1. The van der Waals surface area contributed by atoms with Gasteiger partial charge in [-0.05, 0) is 69.9 Å². The summed E-state index contributed by atoms with van der Waals surface area (Å²) in [4.78, 5) is 14.3. The van der Waals surface area contributed by atoms with Crippen LogP contribution < -0.4 is 4.74 Å². The van der Waals surface area contributed by atoms with Crippen molar-refractivity contribution < 1.29 is 9.66 Å². The van der Waals surface area contributed by atoms with E-state index in [9.17, 15) is 10.1 Å². The van der Waals surface area contributed by atoms with E-state index >= 15 is 0 Å². The maximum Gasteiger partial charge on any atom is 0.344 e. The number of nitro groups is 1. The summed E-state index contributed by atoms with van der Waals surface area (Å²) in [6.45, 7) is 0. The first-order chi connectivity index (χ1) is 13.2. The minimum Gasteiger partial charge on any atom is -0.457 e. The first-order valence-electron chi connectivity index (χ1n) is 7.59. The topological polar surface area (TPSA) is 109 Å². The molecule has 2 aromatic heterocycles. The van der Waals surface area contributed by atoms with Crippen molar-refractivity contribution in [3.05, 3.63) is 70.9 Å². The van der Waals surface area contributed by atoms with Gasteiger partial charge in [-0.15, -0.1) is 5.10 Å². The van der Waals surface area contributed by atoms with Crippen molar-refractivity contribution in [1.29, 1.82) is 0 Å². The second kappa shape index (κ2) is 7.51. The fourth-order valence-electron chi connectivity index (χ4n) is 2.14. The van der Waals surface area contributed by atoms with Crippen molar-refractivity contribution >= 4 is 28.1 Å². The van der Waals surface area contributed by atoms with Gasteiger partial charge in [0.1, 0.15) is 17.7 Å². The van der Waals surface area contributed by atoms with E-state index in [1.807, 2.05) is 54.6 Å². The third-order valence-corrected chi connectivity index (χ3v) is 5.29. The van der Waals surface area contributed by atoms with Crippen molar-refractivity contribution in [3.8, 4) is 17.2 Å². The van der Waals surface area contributed by atoms with E-state index in [-0.39, 0.29) is 5.00 Å². The number of hydrogen-bond donors (Lipinski definition) is 0. The average molecular weight is 398 g/mol. The summed E-state index contributed by atoms with van der Waals surface area (Å²) in [6.07, 6.45) is 1.22. The van der Waals surface area contributed by atoms with Gasteiger partial charge < -0.3 is 4.74 Å². The number of nitrogens with zero attached hydrogens (tertiary/aromatic N) is 6. The molecule has 4 aromatic rings. The molecule has 0 fully saturated rings. The van der Waals surface area contributed by atoms with Crippen molar-refractivity contribution in [2.24, 2.45) is 0 Å². The van der Waals surface area contributed by atoms with Crippen molar-refractivity contribution in [2.45, 2.75) is 9.50 Å². The van der Waals surface area contributed by atoms with Crippen LogP contribution in [0.1, 0.15) is 0 Å². The molecule has 0 saturated heterocycles. The van der Waals surface area contributed by atoms with Crippen LogP contribution in [0.3, 0.4) is 0 Å². The second-order valence-corrected chi connectivity index (χ2v) is 7.33. The van der Waals surface area contributed by atoms with Crippen molar-refractivity contribution in [1.82, 2.24) is 25.2 Å². The quantitative estimate of drug-likeness (QED) is 0.354. The summed E-state index contributed by atoms with van der Waals surface area (Å²) < 4.78 is 7.78. The number of benzene rings is 2. The van der Waals surface area contributed by atoms with Crippen molar-refractivity contribution in [3.63, 3.8) is 0 Å². The summed E-state index contributed by atoms with van der Waals surface area (Å²) in [6, 6.07) is 16.7. The normalized spacial score (nSPS) is 10.7. The van der Waals surface area contributed by atoms with E-state index in [1.165, 1.54) is 10.9 Å². The Hall–Kier alpha value is -3.31. The number of para-hydroxylation sites is 1. The molecule has 0 amide bonds. The standard InChI is InChI=1S/C16H10N6O3S2/c23-22(24)14-10-17-16(26-14)27-15-18-19-20-21(15)11-6-8-13(9-7-11)25-12-4-2-1-3-5-12/h1-10H. The number of hydrogen-bond acceptors (Lipinski definition) is 9. The molecule has 0 spiro atoms. The lowest BCUT2D eigenvalue weighted by Crippen LogP contribution is -1.98. The molecular weight excluding hydrogens is 388 g/mol. The Bertz CT molecular complexity index is 1070. The van der Waals surface area contributed by atoms with Crippen LogP contribution in [-0.4, -0.2) is 30.1 Å². The summed E-state index contributed by atoms with van der Waals surface area (Å²) >= 11 is 2.13. The predicted molar refractivity (Wildman–Crippen MR) is 98.6 cm³/mol. The van der Waals surface area contributed by atoms with Crippen LogP contribution in [0.25, 0.3) is 5.69 Å². The minimum atomic E-state index is -0.476. The number of thiazole rings is 1. The third kappa shape index (κ3) is 3.93. The zero-order valence-electron chi connectivity index (χ0n) is 13.5. The highest BCUT2D eigenvalue weighted by molar-refractivity contribution is 8.00. The van der Waals surface area contributed by atoms with E-state index in [1.54, 1.807) is 0 Å². The lowest BCUT2D eigenvalue weighted by atomic mass is 10.3. The number of ether oxygens (including phenoxy) is 1. The van der Waals surface area contributed by atoms with E-state index in [0.717, 1.165) is 34.5 Å². The van der Waals surface area contributed by atoms with Gasteiger partial charge in [-0.1, -0.05) is 18.2 Å². The molecule has 134 valence electrons. The van der Waals surface area contributed by atoms with Gasteiger partial charge in [0.2, 0.25) is 5.16 Å². The zero-order chi connectivity index (χ0) is 18.6. The lowest BCUT2D eigenvalue weighted by Gasteiger charge is -2.07. The van der Waals surface area contributed by atoms with Crippen LogP contribution in [0.2, 0.25) is 0 Å². The van der Waals surface area contributed by atoms with Gasteiger partial charge in [0.25, 0.3) is 0 Å². The Morgan fingerprint density at radius 3 is 2.52 bits per heavy atom. The molecule has 11 heteroatoms. The highest BCUT2D eigenvalue weighted by Gasteiger charge is 2.16. The van der Waals surface area contributed by atoms with Crippen LogP contribution in [-0.2, 0) is 0 Å². The van der Waals surface area contributed by atoms with Gasteiger partial charge in [0.05, 0.1) is 10.6 Å². The average Bonchev–Trinajstić information content (AvgIpc) is 3.33. The molecule has 0 atom stereocenters. The molecule has 0 aliphatic carbocycles. The molecular formula is C16H10N6O3S2. The number of aromatic nitrogens is 5. The van der Waals surface area contributed by atoms with E-state index < -0.39 is 4.92 Å². The smallest absolute Gasteiger partial charge is 0.344 e. The molecule has 0 saturated carbocycles. The van der Waals surface area contributed by atoms with Crippen molar-refractivity contribution in [2.75, 3.05) is 0 Å². The van der Waals surface area contributed by atoms with Crippen LogP contribution in [0, 0.1) is 10.1 Å². The fourth-order valence-corrected chi connectivity index (χ4v) is 3.82. The minimum absolute atomic E-state index is 0.0288. The van der Waals surface area contributed by atoms with E-state index in [0.29, 0.717) is 15.2 Å². The highest BCUT2D eigenvalue weighted by Crippen LogP contribution is 2.33. The molecule has 0 radical (unpaired) electrons. The Kier molecular flexibility index (Phi) is 4.77. The van der Waals surface area contributed by atoms with Crippen LogP contribution >= 0.6 is 23.1 Å². The molecule has 0 unspecified atom stereocenters. The summed E-state index contributed by atoms with van der Waals surface area (Å²) in [5, 5.41) is 22.8. The van der Waals surface area contributed by atoms with Gasteiger partial charge in [-0.2, -0.15) is 4.68 Å². The predicted octanol–water partition coefficient (Wildman–Crippen LogP) is 3.97. The second-order valence-electron chi connectivity index (χ2n) is 5.11. The SMILES string of the molecule is O=[N+]([O-])c1cnc(Sc2nnnn2-c2ccc(Oc3ccccc3)cc2)s1. The molecule has 0 bridgehead atoms. The van der Waals surface area contributed by atoms with E-state index in [4.69, 9.17) is 4.74 Å². The maximum absolute atomic E-state index is 10.8. The van der Waals surface area contributed by atoms with Gasteiger partial charge in [0.15, 0.2) is 4.34 Å². The molecule has 2 aromatic carbocycles. The monoisotopic (exact) mass is 398 g/mol. The Morgan fingerprint density at radius 1 is 1.07 bits per heavy atom. The summed E-state index contributed by atoms with van der Waals surface area (Å²) in [5.41, 5.74) is 0.731. The number of rotatable bonds is 6. The fraction of sp³-hybridized carbons (Fsp3) is 0. The molecule has 4 rings (SSSR count). The van der Waals surface area contributed by atoms with Crippen LogP contribution in [0.4, 0.5) is 5.00 Å². The van der Waals surface area contributed by atoms with Gasteiger partial charge in [-0.3, -0.25) is 10.1 Å². The third-order valence-electron chi connectivity index (χ3n) is 3.33. The van der Waals surface area contributed by atoms with Crippen LogP contribution in [0.5, 0.6) is 11.5 Å². The van der Waals surface area contributed by atoms with Gasteiger partial charge >= 0.3 is 5.00 Å². The highest BCUT2D eigenvalue weighted by atomic mass is 32.2. The zero-order valence-corrected chi connectivity index (χ0v) is 15.1. The Morgan fingerprint density at radius 2 is 1.81 bits per heavy atom. The molecule has 0 aliphatic heterocycles. The molecule has 2 heterocycles.